The molecule has 1 atom stereocenters. The van der Waals surface area contributed by atoms with Crippen LogP contribution in [0.1, 0.15) is 36.1 Å². The maximum Gasteiger partial charge on any atom is 0.310 e. The molecule has 25 heavy (non-hydrogen) atoms. The van der Waals surface area contributed by atoms with Crippen molar-refractivity contribution >= 4 is 27.6 Å². The quantitative estimate of drug-likeness (QED) is 0.514. The standard InChI is InChI=1S/C20H18BrNO3/c1-3-24-19(23)11-14-5-4-6-17(22-2)20(14)25-18-10-8-13-7-9-15(21)12-16(13)18/h4-7,9,12,18H,3,8,10-11H2,1H3/t18-/m1/s1. The Morgan fingerprint density at radius 1 is 1.36 bits per heavy atom. The van der Waals surface area contributed by atoms with Gasteiger partial charge >= 0.3 is 5.97 Å². The number of halogens is 1. The van der Waals surface area contributed by atoms with Gasteiger partial charge < -0.3 is 9.47 Å². The number of esters is 1. The number of carbonyl (C=O) groups excluding carboxylic acids is 1. The van der Waals surface area contributed by atoms with E-state index in [0.717, 1.165) is 22.9 Å². The van der Waals surface area contributed by atoms with Gasteiger partial charge in [-0.05, 0) is 48.6 Å². The van der Waals surface area contributed by atoms with Crippen molar-refractivity contribution < 1.29 is 14.3 Å². The molecule has 1 aliphatic carbocycles. The first-order valence-electron chi connectivity index (χ1n) is 8.22. The van der Waals surface area contributed by atoms with Crippen LogP contribution >= 0.6 is 15.9 Å². The fourth-order valence-corrected chi connectivity index (χ4v) is 3.48. The summed E-state index contributed by atoms with van der Waals surface area (Å²) < 4.78 is 12.3. The van der Waals surface area contributed by atoms with Crippen LogP contribution in [0.25, 0.3) is 4.85 Å². The topological polar surface area (TPSA) is 39.9 Å². The van der Waals surface area contributed by atoms with Crippen molar-refractivity contribution in [1.29, 1.82) is 0 Å². The summed E-state index contributed by atoms with van der Waals surface area (Å²) in [6, 6.07) is 11.5. The summed E-state index contributed by atoms with van der Waals surface area (Å²) >= 11 is 3.51. The fourth-order valence-electron chi connectivity index (χ4n) is 3.10. The molecule has 0 aromatic heterocycles. The summed E-state index contributed by atoms with van der Waals surface area (Å²) in [6.45, 7) is 9.53. The lowest BCUT2D eigenvalue weighted by molar-refractivity contribution is -0.142. The lowest BCUT2D eigenvalue weighted by Gasteiger charge is -2.19. The first kappa shape index (κ1) is 17.5. The minimum Gasteiger partial charge on any atom is -0.496 e. The van der Waals surface area contributed by atoms with Crippen molar-refractivity contribution in [3.05, 3.63) is 69.0 Å². The molecular formula is C20H18BrNO3. The molecule has 5 heteroatoms. The molecule has 0 spiro atoms. The molecule has 0 saturated carbocycles. The Labute approximate surface area is 155 Å². The third kappa shape index (κ3) is 3.85. The van der Waals surface area contributed by atoms with Crippen LogP contribution in [-0.4, -0.2) is 12.6 Å². The van der Waals surface area contributed by atoms with Crippen LogP contribution in [0.4, 0.5) is 5.69 Å². The third-order valence-electron chi connectivity index (χ3n) is 4.23. The molecule has 0 unspecified atom stereocenters. The highest BCUT2D eigenvalue weighted by molar-refractivity contribution is 9.10. The van der Waals surface area contributed by atoms with Gasteiger partial charge in [0, 0.05) is 4.47 Å². The minimum atomic E-state index is -0.316. The van der Waals surface area contributed by atoms with E-state index in [9.17, 15) is 4.79 Å². The van der Waals surface area contributed by atoms with Gasteiger partial charge in [0.1, 0.15) is 11.9 Å². The molecule has 2 aromatic rings. The molecule has 0 heterocycles. The van der Waals surface area contributed by atoms with Crippen LogP contribution < -0.4 is 4.74 Å². The molecule has 0 radical (unpaired) electrons. The van der Waals surface area contributed by atoms with E-state index in [1.807, 2.05) is 12.1 Å². The number of benzene rings is 2. The van der Waals surface area contributed by atoms with E-state index in [1.54, 1.807) is 19.1 Å². The third-order valence-corrected chi connectivity index (χ3v) is 4.72. The van der Waals surface area contributed by atoms with Gasteiger partial charge in [-0.2, -0.15) is 0 Å². The molecule has 2 aromatic carbocycles. The van der Waals surface area contributed by atoms with E-state index in [-0.39, 0.29) is 18.5 Å². The van der Waals surface area contributed by atoms with Crippen molar-refractivity contribution in [3.63, 3.8) is 0 Å². The SMILES string of the molecule is [C-]#[N+]c1cccc(CC(=O)OCC)c1O[C@@H]1CCc2ccc(Br)cc21. The molecule has 4 nitrogen and oxygen atoms in total. The highest BCUT2D eigenvalue weighted by Crippen LogP contribution is 2.41. The lowest BCUT2D eigenvalue weighted by Crippen LogP contribution is -2.10. The van der Waals surface area contributed by atoms with Crippen LogP contribution in [0.3, 0.4) is 0 Å². The van der Waals surface area contributed by atoms with E-state index in [0.29, 0.717) is 23.6 Å². The first-order valence-corrected chi connectivity index (χ1v) is 9.01. The van der Waals surface area contributed by atoms with E-state index in [1.165, 1.54) is 5.56 Å². The number of ether oxygens (including phenoxy) is 2. The smallest absolute Gasteiger partial charge is 0.310 e. The number of fused-ring (bicyclic) bond motifs is 1. The first-order chi connectivity index (χ1) is 12.1. The maximum atomic E-state index is 11.9. The molecule has 0 bridgehead atoms. The summed E-state index contributed by atoms with van der Waals surface area (Å²) in [4.78, 5) is 15.4. The van der Waals surface area contributed by atoms with Gasteiger partial charge in [0.05, 0.1) is 19.6 Å². The monoisotopic (exact) mass is 399 g/mol. The second-order valence-electron chi connectivity index (χ2n) is 5.85. The Kier molecular flexibility index (Phi) is 5.40. The van der Waals surface area contributed by atoms with Crippen LogP contribution in [0.5, 0.6) is 5.75 Å². The van der Waals surface area contributed by atoms with Gasteiger partial charge in [0.15, 0.2) is 0 Å². The van der Waals surface area contributed by atoms with Gasteiger partial charge in [-0.3, -0.25) is 4.79 Å². The number of hydrogen-bond donors (Lipinski definition) is 0. The molecule has 0 fully saturated rings. The maximum absolute atomic E-state index is 11.9. The number of carbonyl (C=O) groups is 1. The van der Waals surface area contributed by atoms with Gasteiger partial charge in [-0.1, -0.05) is 40.2 Å². The molecule has 0 saturated heterocycles. The van der Waals surface area contributed by atoms with Crippen molar-refractivity contribution in [1.82, 2.24) is 0 Å². The minimum absolute atomic E-state index is 0.102. The molecule has 0 aliphatic heterocycles. The highest BCUT2D eigenvalue weighted by Gasteiger charge is 2.26. The van der Waals surface area contributed by atoms with Crippen LogP contribution in [-0.2, 0) is 22.4 Å². The van der Waals surface area contributed by atoms with Crippen LogP contribution in [0, 0.1) is 6.57 Å². The number of para-hydroxylation sites is 1. The molecule has 3 rings (SSSR count). The van der Waals surface area contributed by atoms with Gasteiger partial charge in [0.2, 0.25) is 5.69 Å². The lowest BCUT2D eigenvalue weighted by atomic mass is 10.1. The summed E-state index contributed by atoms with van der Waals surface area (Å²) in [6.07, 6.45) is 1.79. The zero-order valence-corrected chi connectivity index (χ0v) is 15.5. The Hall–Kier alpha value is -2.32. The largest absolute Gasteiger partial charge is 0.496 e. The summed E-state index contributed by atoms with van der Waals surface area (Å²) in [5.74, 6) is 0.174. The number of nitrogens with zero attached hydrogens (tertiary/aromatic N) is 1. The Morgan fingerprint density at radius 2 is 2.20 bits per heavy atom. The second-order valence-corrected chi connectivity index (χ2v) is 6.76. The average molecular weight is 400 g/mol. The van der Waals surface area contributed by atoms with E-state index in [4.69, 9.17) is 16.0 Å². The highest BCUT2D eigenvalue weighted by atomic mass is 79.9. The van der Waals surface area contributed by atoms with Crippen molar-refractivity contribution in [2.24, 2.45) is 0 Å². The molecular weight excluding hydrogens is 382 g/mol. The van der Waals surface area contributed by atoms with Crippen LogP contribution in [0.15, 0.2) is 40.9 Å². The molecule has 128 valence electrons. The summed E-state index contributed by atoms with van der Waals surface area (Å²) in [5.41, 5.74) is 3.51. The van der Waals surface area contributed by atoms with Crippen LogP contribution in [0.2, 0.25) is 0 Å². The van der Waals surface area contributed by atoms with Gasteiger partial charge in [-0.25, -0.2) is 4.85 Å². The second kappa shape index (κ2) is 7.71. The summed E-state index contributed by atoms with van der Waals surface area (Å²) in [5, 5.41) is 0. The molecule has 1 aliphatic rings. The number of rotatable bonds is 5. The normalized spacial score (nSPS) is 15.3. The van der Waals surface area contributed by atoms with E-state index >= 15 is 0 Å². The zero-order valence-electron chi connectivity index (χ0n) is 13.9. The zero-order chi connectivity index (χ0) is 17.8. The van der Waals surface area contributed by atoms with Crippen molar-refractivity contribution in [3.8, 4) is 5.75 Å². The van der Waals surface area contributed by atoms with Crippen molar-refractivity contribution in [2.75, 3.05) is 6.61 Å². The predicted molar refractivity (Wildman–Crippen MR) is 98.9 cm³/mol. The summed E-state index contributed by atoms with van der Waals surface area (Å²) in [7, 11) is 0. The Morgan fingerprint density at radius 3 is 2.96 bits per heavy atom. The van der Waals surface area contributed by atoms with E-state index in [2.05, 4.69) is 32.9 Å². The predicted octanol–water partition coefficient (Wildman–Crippen LogP) is 5.17. The van der Waals surface area contributed by atoms with E-state index < -0.39 is 0 Å². The molecule has 0 amide bonds. The number of aryl methyl sites for hydroxylation is 1. The fraction of sp³-hybridized carbons (Fsp3) is 0.300. The molecule has 0 N–H and O–H groups in total. The van der Waals surface area contributed by atoms with Gasteiger partial charge in [0.25, 0.3) is 0 Å². The Bertz CT molecular complexity index is 841. The number of hydrogen-bond acceptors (Lipinski definition) is 3. The van der Waals surface area contributed by atoms with Crippen molar-refractivity contribution in [2.45, 2.75) is 32.3 Å². The average Bonchev–Trinajstić information content (AvgIpc) is 2.98. The Balaban J connectivity index is 1.91. The van der Waals surface area contributed by atoms with Gasteiger partial charge in [-0.15, -0.1) is 0 Å².